The van der Waals surface area contributed by atoms with E-state index in [-0.39, 0.29) is 6.04 Å². The van der Waals surface area contributed by atoms with E-state index in [1.54, 1.807) is 35.5 Å². The van der Waals surface area contributed by atoms with Gasteiger partial charge in [-0.1, -0.05) is 6.92 Å². The van der Waals surface area contributed by atoms with Crippen LogP contribution in [0.1, 0.15) is 36.1 Å². The first-order valence-electron chi connectivity index (χ1n) is 12.0. The number of hydrogen-bond acceptors (Lipinski definition) is 8. The maximum absolute atomic E-state index is 11.7. The molecule has 9 nitrogen and oxygen atoms in total. The van der Waals surface area contributed by atoms with E-state index in [9.17, 15) is 4.79 Å². The van der Waals surface area contributed by atoms with E-state index < -0.39 is 0 Å². The van der Waals surface area contributed by atoms with Crippen molar-refractivity contribution in [3.63, 3.8) is 0 Å². The Kier molecular flexibility index (Phi) is 5.77. The van der Waals surface area contributed by atoms with Gasteiger partial charge in [-0.15, -0.1) is 11.3 Å². The van der Waals surface area contributed by atoms with Crippen LogP contribution in [0.15, 0.2) is 30.9 Å². The molecule has 1 amide bonds. The zero-order chi connectivity index (χ0) is 23.9. The van der Waals surface area contributed by atoms with E-state index in [4.69, 9.17) is 9.47 Å². The van der Waals surface area contributed by atoms with Crippen LogP contribution in [0.25, 0.3) is 15.7 Å². The highest BCUT2D eigenvalue weighted by Crippen LogP contribution is 2.48. The van der Waals surface area contributed by atoms with Crippen molar-refractivity contribution in [3.8, 4) is 5.75 Å². The molecule has 0 aromatic carbocycles. The van der Waals surface area contributed by atoms with Crippen LogP contribution in [0.3, 0.4) is 0 Å². The van der Waals surface area contributed by atoms with E-state index in [1.807, 2.05) is 23.2 Å². The highest BCUT2D eigenvalue weighted by atomic mass is 32.1. The minimum absolute atomic E-state index is 0.0951. The normalized spacial score (nSPS) is 21.1. The third-order valence-corrected chi connectivity index (χ3v) is 8.73. The summed E-state index contributed by atoms with van der Waals surface area (Å²) < 4.78 is 13.2. The number of methoxy groups -OCH3 is 1. The minimum atomic E-state index is 0.0951. The highest BCUT2D eigenvalue weighted by molar-refractivity contribution is 7.19. The standard InChI is InChI=1S/C25H28N6O3S/c1-15(20-12-34-9-8-30(20)14-32)17-4-3-5-18-22-24(26-13-27-25(22)35-23(17)18)29-19-10-16-6-7-28-31(16)11-21(19)33-2/h6-7,10-11,13-15,17,20H,3-5,8-9,12H2,1-2H3,(H,26,27,29). The van der Waals surface area contributed by atoms with Crippen LogP contribution in [0.4, 0.5) is 11.5 Å². The zero-order valence-electron chi connectivity index (χ0n) is 19.8. The molecule has 0 saturated carbocycles. The quantitative estimate of drug-likeness (QED) is 0.407. The number of morpholine rings is 1. The van der Waals surface area contributed by atoms with Crippen LogP contribution in [-0.2, 0) is 16.0 Å². The van der Waals surface area contributed by atoms with Crippen molar-refractivity contribution in [1.82, 2.24) is 24.5 Å². The Hall–Kier alpha value is -3.24. The summed E-state index contributed by atoms with van der Waals surface area (Å²) >= 11 is 1.76. The van der Waals surface area contributed by atoms with Gasteiger partial charge in [-0.3, -0.25) is 4.79 Å². The fourth-order valence-electron chi connectivity index (χ4n) is 5.60. The number of fused-ring (bicyclic) bond motifs is 4. The Morgan fingerprint density at radius 3 is 3.14 bits per heavy atom. The lowest BCUT2D eigenvalue weighted by Gasteiger charge is -2.40. The summed E-state index contributed by atoms with van der Waals surface area (Å²) in [6, 6.07) is 4.06. The molecule has 10 heteroatoms. The first-order chi connectivity index (χ1) is 17.2. The number of thiophene rings is 1. The van der Waals surface area contributed by atoms with Crippen LogP contribution in [0.5, 0.6) is 5.75 Å². The highest BCUT2D eigenvalue weighted by Gasteiger charge is 2.37. The molecule has 4 aromatic heterocycles. The molecule has 3 atom stereocenters. The number of pyridine rings is 1. The van der Waals surface area contributed by atoms with Crippen LogP contribution >= 0.6 is 11.3 Å². The number of carbonyl (C=O) groups excluding carboxylic acids is 1. The van der Waals surface area contributed by atoms with Crippen molar-refractivity contribution in [2.24, 2.45) is 5.92 Å². The van der Waals surface area contributed by atoms with E-state index in [2.05, 4.69) is 27.3 Å². The molecule has 3 unspecified atom stereocenters. The van der Waals surface area contributed by atoms with Gasteiger partial charge < -0.3 is 19.7 Å². The average Bonchev–Trinajstić information content (AvgIpc) is 3.52. The number of carbonyl (C=O) groups is 1. The van der Waals surface area contributed by atoms with Gasteiger partial charge in [-0.25, -0.2) is 14.5 Å². The lowest BCUT2D eigenvalue weighted by atomic mass is 9.77. The van der Waals surface area contributed by atoms with Gasteiger partial charge >= 0.3 is 0 Å². The monoisotopic (exact) mass is 492 g/mol. The molecule has 4 aromatic rings. The van der Waals surface area contributed by atoms with Gasteiger partial charge in [-0.05, 0) is 48.8 Å². The molecule has 182 valence electrons. The molecule has 1 fully saturated rings. The number of nitrogens with zero attached hydrogens (tertiary/aromatic N) is 5. The molecule has 0 bridgehead atoms. The van der Waals surface area contributed by atoms with Gasteiger partial charge in [0.15, 0.2) is 5.75 Å². The van der Waals surface area contributed by atoms with Crippen LogP contribution in [-0.4, -0.2) is 63.8 Å². The van der Waals surface area contributed by atoms with Crippen LogP contribution in [0.2, 0.25) is 0 Å². The van der Waals surface area contributed by atoms with Crippen molar-refractivity contribution in [1.29, 1.82) is 0 Å². The second-order valence-electron chi connectivity index (χ2n) is 9.27. The second kappa shape index (κ2) is 9.09. The number of rotatable bonds is 6. The number of anilines is 2. The number of aryl methyl sites for hydroxylation is 1. The Labute approximate surface area is 207 Å². The van der Waals surface area contributed by atoms with Gasteiger partial charge in [0.2, 0.25) is 6.41 Å². The SMILES string of the molecule is COc1cn2nccc2cc1Nc1ncnc2sc3c(c12)CCCC3C(C)C1COCCN1C=O. The van der Waals surface area contributed by atoms with Crippen molar-refractivity contribution in [3.05, 3.63) is 41.3 Å². The predicted molar refractivity (Wildman–Crippen MR) is 135 cm³/mol. The average molecular weight is 493 g/mol. The molecule has 5 heterocycles. The van der Waals surface area contributed by atoms with Crippen molar-refractivity contribution in [2.75, 3.05) is 32.2 Å². The minimum Gasteiger partial charge on any atom is -0.493 e. The third-order valence-electron chi connectivity index (χ3n) is 7.45. The number of nitrogens with one attached hydrogen (secondary N) is 1. The first-order valence-corrected chi connectivity index (χ1v) is 12.8. The lowest BCUT2D eigenvalue weighted by Crippen LogP contribution is -2.49. The number of amides is 1. The molecule has 1 aliphatic heterocycles. The van der Waals surface area contributed by atoms with Gasteiger partial charge in [0.25, 0.3) is 0 Å². The van der Waals surface area contributed by atoms with E-state index in [1.165, 1.54) is 10.4 Å². The van der Waals surface area contributed by atoms with E-state index in [0.29, 0.717) is 37.3 Å². The number of hydrogen-bond donors (Lipinski definition) is 1. The maximum atomic E-state index is 11.7. The second-order valence-corrected chi connectivity index (χ2v) is 10.3. The topological polar surface area (TPSA) is 93.9 Å². The molecule has 1 saturated heterocycles. The molecule has 0 radical (unpaired) electrons. The Bertz CT molecular complexity index is 1380. The summed E-state index contributed by atoms with van der Waals surface area (Å²) in [4.78, 5) is 25.3. The van der Waals surface area contributed by atoms with Crippen molar-refractivity contribution in [2.45, 2.75) is 38.1 Å². The summed E-state index contributed by atoms with van der Waals surface area (Å²) in [5, 5.41) is 8.91. The summed E-state index contributed by atoms with van der Waals surface area (Å²) in [6.45, 7) is 4.13. The van der Waals surface area contributed by atoms with E-state index >= 15 is 0 Å². The predicted octanol–water partition coefficient (Wildman–Crippen LogP) is 4.00. The molecule has 0 spiro atoms. The van der Waals surface area contributed by atoms with Gasteiger partial charge in [0, 0.05) is 17.6 Å². The summed E-state index contributed by atoms with van der Waals surface area (Å²) in [5.41, 5.74) is 3.13. The first kappa shape index (κ1) is 22.2. The van der Waals surface area contributed by atoms with Crippen molar-refractivity contribution < 1.29 is 14.3 Å². The molecular weight excluding hydrogens is 464 g/mol. The van der Waals surface area contributed by atoms with Gasteiger partial charge in [0.1, 0.15) is 17.0 Å². The summed E-state index contributed by atoms with van der Waals surface area (Å²) in [6.07, 6.45) is 9.43. The van der Waals surface area contributed by atoms with Crippen molar-refractivity contribution >= 4 is 45.0 Å². The fraction of sp³-hybridized carbons (Fsp3) is 0.440. The summed E-state index contributed by atoms with van der Waals surface area (Å²) in [5.74, 6) is 2.13. The molecule has 1 aliphatic carbocycles. The summed E-state index contributed by atoms with van der Waals surface area (Å²) in [7, 11) is 1.65. The van der Waals surface area contributed by atoms with Crippen LogP contribution < -0.4 is 10.1 Å². The van der Waals surface area contributed by atoms with E-state index in [0.717, 1.165) is 52.9 Å². The molecule has 1 N–H and O–H groups in total. The van der Waals surface area contributed by atoms with Gasteiger partial charge in [-0.2, -0.15) is 5.10 Å². The Morgan fingerprint density at radius 2 is 2.29 bits per heavy atom. The number of aromatic nitrogens is 4. The molecule has 2 aliphatic rings. The fourth-order valence-corrected chi connectivity index (χ4v) is 7.05. The largest absolute Gasteiger partial charge is 0.493 e. The third kappa shape index (κ3) is 3.81. The number of ether oxygens (including phenoxy) is 2. The smallest absolute Gasteiger partial charge is 0.210 e. The zero-order valence-corrected chi connectivity index (χ0v) is 20.6. The molecule has 35 heavy (non-hydrogen) atoms. The lowest BCUT2D eigenvalue weighted by molar-refractivity contribution is -0.128. The maximum Gasteiger partial charge on any atom is 0.210 e. The van der Waals surface area contributed by atoms with Crippen LogP contribution in [0, 0.1) is 5.92 Å². The Morgan fingerprint density at radius 1 is 1.37 bits per heavy atom. The molecular formula is C25H28N6O3S. The Balaban J connectivity index is 1.39. The van der Waals surface area contributed by atoms with Gasteiger partial charge in [0.05, 0.1) is 49.2 Å². The molecule has 6 rings (SSSR count).